The fourth-order valence-electron chi connectivity index (χ4n) is 2.60. The Bertz CT molecular complexity index is 832. The molecule has 136 valence electrons. The average Bonchev–Trinajstić information content (AvgIpc) is 3.05. The largest absolute Gasteiger partial charge is 0.488 e. The Balaban J connectivity index is 1.46. The first-order valence-electron chi connectivity index (χ1n) is 7.87. The minimum Gasteiger partial charge on any atom is -0.488 e. The molecule has 2 aromatic carbocycles. The van der Waals surface area contributed by atoms with Crippen molar-refractivity contribution in [3.8, 4) is 5.75 Å². The molecule has 0 saturated carbocycles. The molecule has 0 fully saturated rings. The molecule has 2 aromatic rings. The van der Waals surface area contributed by atoms with Crippen LogP contribution in [0.25, 0.3) is 0 Å². The molecule has 1 heterocycles. The number of ether oxygens (including phenoxy) is 2. The van der Waals surface area contributed by atoms with Crippen LogP contribution < -0.4 is 15.8 Å². The molecule has 0 saturated heterocycles. The van der Waals surface area contributed by atoms with Crippen LogP contribution in [0.15, 0.2) is 36.4 Å². The molecule has 6 nitrogen and oxygen atoms in total. The van der Waals surface area contributed by atoms with Gasteiger partial charge in [0, 0.05) is 6.42 Å². The summed E-state index contributed by atoms with van der Waals surface area (Å²) >= 11 is 11.7. The number of amides is 1. The lowest BCUT2D eigenvalue weighted by atomic mass is 10.1. The normalized spacial score (nSPS) is 15.1. The standard InChI is InChI=1S/C18H16Cl2N2O4/c19-13-6-5-12(17(21)16(13)20)18(24)25-9-15(23)22-8-11-7-10-3-1-2-4-14(10)26-11/h1-6,11H,7-9,21H2,(H,22,23). The number of hydrogen-bond acceptors (Lipinski definition) is 5. The van der Waals surface area contributed by atoms with Gasteiger partial charge in [0.1, 0.15) is 11.9 Å². The SMILES string of the molecule is Nc1c(C(=O)OCC(=O)NCC2Cc3ccccc3O2)ccc(Cl)c1Cl. The molecule has 0 aliphatic carbocycles. The summed E-state index contributed by atoms with van der Waals surface area (Å²) in [6, 6.07) is 10.5. The van der Waals surface area contributed by atoms with Gasteiger partial charge in [0.05, 0.1) is 27.8 Å². The van der Waals surface area contributed by atoms with Crippen molar-refractivity contribution in [3.63, 3.8) is 0 Å². The molecule has 26 heavy (non-hydrogen) atoms. The number of carbonyl (C=O) groups excluding carboxylic acids is 2. The molecule has 1 aliphatic rings. The topological polar surface area (TPSA) is 90.7 Å². The summed E-state index contributed by atoms with van der Waals surface area (Å²) in [5, 5.41) is 2.99. The van der Waals surface area contributed by atoms with Gasteiger partial charge in [-0.05, 0) is 23.8 Å². The van der Waals surface area contributed by atoms with Crippen LogP contribution in [0.2, 0.25) is 10.0 Å². The van der Waals surface area contributed by atoms with Gasteiger partial charge in [0.2, 0.25) is 0 Å². The predicted octanol–water partition coefficient (Wildman–Crippen LogP) is 2.85. The van der Waals surface area contributed by atoms with Crippen LogP contribution in [0.4, 0.5) is 5.69 Å². The van der Waals surface area contributed by atoms with Crippen LogP contribution in [0.3, 0.4) is 0 Å². The van der Waals surface area contributed by atoms with Crippen molar-refractivity contribution in [1.29, 1.82) is 0 Å². The molecule has 0 bridgehead atoms. The summed E-state index contributed by atoms with van der Waals surface area (Å²) in [6.07, 6.45) is 0.577. The van der Waals surface area contributed by atoms with Gasteiger partial charge in [-0.2, -0.15) is 0 Å². The van der Waals surface area contributed by atoms with E-state index in [1.54, 1.807) is 0 Å². The number of anilines is 1. The summed E-state index contributed by atoms with van der Waals surface area (Å²) in [6.45, 7) is -0.113. The minimum absolute atomic E-state index is 0.0155. The highest BCUT2D eigenvalue weighted by Gasteiger charge is 2.23. The maximum Gasteiger partial charge on any atom is 0.340 e. The number of rotatable bonds is 5. The number of benzene rings is 2. The van der Waals surface area contributed by atoms with Crippen LogP contribution in [0, 0.1) is 0 Å². The first kappa shape index (κ1) is 18.4. The molecule has 1 atom stereocenters. The van der Waals surface area contributed by atoms with Crippen molar-refractivity contribution < 1.29 is 19.1 Å². The van der Waals surface area contributed by atoms with Crippen molar-refractivity contribution >= 4 is 40.8 Å². The zero-order chi connectivity index (χ0) is 18.7. The van der Waals surface area contributed by atoms with Crippen LogP contribution in [0.1, 0.15) is 15.9 Å². The van der Waals surface area contributed by atoms with E-state index in [1.807, 2.05) is 24.3 Å². The van der Waals surface area contributed by atoms with Crippen molar-refractivity contribution in [1.82, 2.24) is 5.32 Å². The second kappa shape index (κ2) is 7.85. The molecule has 8 heteroatoms. The van der Waals surface area contributed by atoms with Gasteiger partial charge >= 0.3 is 5.97 Å². The smallest absolute Gasteiger partial charge is 0.340 e. The lowest BCUT2D eigenvalue weighted by Crippen LogP contribution is -2.36. The molecule has 3 N–H and O–H groups in total. The lowest BCUT2D eigenvalue weighted by Gasteiger charge is -2.12. The predicted molar refractivity (Wildman–Crippen MR) is 98.7 cm³/mol. The van der Waals surface area contributed by atoms with E-state index in [1.165, 1.54) is 12.1 Å². The Labute approximate surface area is 160 Å². The van der Waals surface area contributed by atoms with E-state index in [4.69, 9.17) is 38.4 Å². The zero-order valence-corrected chi connectivity index (χ0v) is 15.1. The third kappa shape index (κ3) is 4.03. The van der Waals surface area contributed by atoms with Gasteiger partial charge in [0.25, 0.3) is 5.91 Å². The van der Waals surface area contributed by atoms with E-state index in [2.05, 4.69) is 5.32 Å². The number of halogens is 2. The molecular weight excluding hydrogens is 379 g/mol. The monoisotopic (exact) mass is 394 g/mol. The van der Waals surface area contributed by atoms with E-state index < -0.39 is 18.5 Å². The van der Waals surface area contributed by atoms with Crippen molar-refractivity contribution in [2.75, 3.05) is 18.9 Å². The quantitative estimate of drug-likeness (QED) is 0.600. The van der Waals surface area contributed by atoms with E-state index in [-0.39, 0.29) is 27.4 Å². The molecule has 0 aromatic heterocycles. The summed E-state index contributed by atoms with van der Waals surface area (Å²) in [5.41, 5.74) is 6.92. The molecule has 1 unspecified atom stereocenters. The first-order valence-corrected chi connectivity index (χ1v) is 8.63. The summed E-state index contributed by atoms with van der Waals surface area (Å²) in [5.74, 6) is -0.356. The summed E-state index contributed by atoms with van der Waals surface area (Å²) < 4.78 is 10.7. The van der Waals surface area contributed by atoms with Crippen LogP contribution in [-0.2, 0) is 16.0 Å². The van der Waals surface area contributed by atoms with E-state index >= 15 is 0 Å². The van der Waals surface area contributed by atoms with E-state index in [0.717, 1.165) is 17.7 Å². The highest BCUT2D eigenvalue weighted by Crippen LogP contribution is 2.31. The van der Waals surface area contributed by atoms with E-state index in [0.29, 0.717) is 6.54 Å². The average molecular weight is 395 g/mol. The second-order valence-corrected chi connectivity index (χ2v) is 6.54. The second-order valence-electron chi connectivity index (χ2n) is 5.75. The zero-order valence-electron chi connectivity index (χ0n) is 13.6. The van der Waals surface area contributed by atoms with Crippen LogP contribution >= 0.6 is 23.2 Å². The van der Waals surface area contributed by atoms with Crippen molar-refractivity contribution in [2.45, 2.75) is 12.5 Å². The van der Waals surface area contributed by atoms with Crippen LogP contribution in [-0.4, -0.2) is 31.1 Å². The van der Waals surface area contributed by atoms with Gasteiger partial charge in [-0.15, -0.1) is 0 Å². The van der Waals surface area contributed by atoms with Gasteiger partial charge in [-0.3, -0.25) is 4.79 Å². The van der Waals surface area contributed by atoms with Crippen molar-refractivity contribution in [2.24, 2.45) is 0 Å². The van der Waals surface area contributed by atoms with Crippen molar-refractivity contribution in [3.05, 3.63) is 57.6 Å². The van der Waals surface area contributed by atoms with Crippen LogP contribution in [0.5, 0.6) is 5.75 Å². The minimum atomic E-state index is -0.749. The molecule has 1 aliphatic heterocycles. The number of fused-ring (bicyclic) bond motifs is 1. The highest BCUT2D eigenvalue weighted by atomic mass is 35.5. The number of nitrogens with two attached hydrogens (primary N) is 1. The Morgan fingerprint density at radius 3 is 2.77 bits per heavy atom. The Morgan fingerprint density at radius 2 is 2.00 bits per heavy atom. The maximum absolute atomic E-state index is 12.0. The molecular formula is C18H16Cl2N2O4. The van der Waals surface area contributed by atoms with E-state index in [9.17, 15) is 9.59 Å². The number of nitrogens with one attached hydrogen (secondary N) is 1. The number of hydrogen-bond donors (Lipinski definition) is 2. The maximum atomic E-state index is 12.0. The number of nitrogen functional groups attached to an aromatic ring is 1. The summed E-state index contributed by atoms with van der Waals surface area (Å²) in [7, 11) is 0. The highest BCUT2D eigenvalue weighted by molar-refractivity contribution is 6.44. The Morgan fingerprint density at radius 1 is 1.23 bits per heavy atom. The van der Waals surface area contributed by atoms with Gasteiger partial charge in [-0.1, -0.05) is 41.4 Å². The number of carbonyl (C=O) groups is 2. The lowest BCUT2D eigenvalue weighted by molar-refractivity contribution is -0.124. The Kier molecular flexibility index (Phi) is 5.54. The fourth-order valence-corrected chi connectivity index (χ4v) is 2.93. The third-order valence-electron chi connectivity index (χ3n) is 3.93. The van der Waals surface area contributed by atoms with Gasteiger partial charge in [0.15, 0.2) is 6.61 Å². The molecule has 3 rings (SSSR count). The Hall–Kier alpha value is -2.44. The fraction of sp³-hybridized carbons (Fsp3) is 0.222. The first-order chi connectivity index (χ1) is 12.5. The summed E-state index contributed by atoms with van der Waals surface area (Å²) in [4.78, 5) is 23.9. The molecule has 0 radical (unpaired) electrons. The van der Waals surface area contributed by atoms with Gasteiger partial charge < -0.3 is 20.5 Å². The molecule has 1 amide bonds. The van der Waals surface area contributed by atoms with Gasteiger partial charge in [-0.25, -0.2) is 4.79 Å². The number of esters is 1. The number of para-hydroxylation sites is 1. The third-order valence-corrected chi connectivity index (χ3v) is 4.75. The molecule has 0 spiro atoms.